The normalized spacial score (nSPS) is 11.4. The fourth-order valence-electron chi connectivity index (χ4n) is 5.39. The summed E-state index contributed by atoms with van der Waals surface area (Å²) < 4.78 is 25.9. The summed E-state index contributed by atoms with van der Waals surface area (Å²) in [5.74, 6) is 0. The molecule has 9 heteroatoms. The molecule has 49 heavy (non-hydrogen) atoms. The minimum Gasteiger partial charge on any atom is -0.395 e. The summed E-state index contributed by atoms with van der Waals surface area (Å²) >= 11 is 0. The van der Waals surface area contributed by atoms with Crippen LogP contribution in [0.4, 0.5) is 17.1 Å². The molecular formula is C40H49N3O3PPdS-. The largest absolute Gasteiger partial charge is 0.395 e. The zero-order chi connectivity index (χ0) is 35.5. The molecule has 0 aliphatic heterocycles. The number of hydrogen-bond donors (Lipinski definition) is 2. The fraction of sp³-hybridized carbons (Fsp3) is 0.250. The van der Waals surface area contributed by atoms with Crippen molar-refractivity contribution >= 4 is 45.7 Å². The maximum Gasteiger partial charge on any atom is 0.261 e. The van der Waals surface area contributed by atoms with Crippen LogP contribution in [-0.2, 0) is 30.5 Å². The van der Waals surface area contributed by atoms with Gasteiger partial charge in [0.25, 0.3) is 10.1 Å². The molecular weight excluding hydrogens is 740 g/mol. The van der Waals surface area contributed by atoms with Crippen LogP contribution in [0.1, 0.15) is 20.8 Å². The molecule has 1 unspecified atom stereocenters. The Kier molecular flexibility index (Phi) is 16.2. The number of para-hydroxylation sites is 1. The van der Waals surface area contributed by atoms with E-state index in [1.165, 1.54) is 38.7 Å². The van der Waals surface area contributed by atoms with Crippen molar-refractivity contribution in [1.82, 2.24) is 0 Å². The minimum atomic E-state index is -3.67. The third-order valence-electron chi connectivity index (χ3n) is 7.28. The van der Waals surface area contributed by atoms with Gasteiger partial charge in [-0.2, -0.15) is 8.42 Å². The maximum absolute atomic E-state index is 9.19. The first-order chi connectivity index (χ1) is 22.6. The van der Waals surface area contributed by atoms with Crippen LogP contribution in [0.3, 0.4) is 0 Å². The van der Waals surface area contributed by atoms with E-state index in [1.807, 2.05) is 37.4 Å². The average Bonchev–Trinajstić information content (AvgIpc) is 3.04. The van der Waals surface area contributed by atoms with E-state index in [2.05, 4.69) is 161 Å². The fourth-order valence-corrected chi connectivity index (χ4v) is 8.30. The smallest absolute Gasteiger partial charge is 0.261 e. The molecule has 0 saturated heterocycles. The second-order valence-electron chi connectivity index (χ2n) is 12.6. The van der Waals surface area contributed by atoms with E-state index in [1.54, 1.807) is 0 Å². The summed E-state index contributed by atoms with van der Waals surface area (Å²) in [5.41, 5.74) is 8.60. The molecule has 0 aromatic heterocycles. The van der Waals surface area contributed by atoms with Crippen molar-refractivity contribution in [2.75, 3.05) is 56.6 Å². The molecule has 5 aromatic rings. The van der Waals surface area contributed by atoms with Gasteiger partial charge >= 0.3 is 0 Å². The van der Waals surface area contributed by atoms with Crippen LogP contribution >= 0.6 is 7.92 Å². The number of hydrogen-bond acceptors (Lipinski definition) is 5. The van der Waals surface area contributed by atoms with Crippen molar-refractivity contribution in [3.8, 4) is 22.3 Å². The molecule has 5 rings (SSSR count). The van der Waals surface area contributed by atoms with E-state index in [-0.39, 0.29) is 25.6 Å². The molecule has 6 nitrogen and oxygen atoms in total. The Morgan fingerprint density at radius 2 is 1.18 bits per heavy atom. The van der Waals surface area contributed by atoms with E-state index in [9.17, 15) is 8.42 Å². The molecule has 0 aliphatic carbocycles. The van der Waals surface area contributed by atoms with Gasteiger partial charge in [0, 0.05) is 72.6 Å². The van der Waals surface area contributed by atoms with Crippen LogP contribution in [0.5, 0.6) is 0 Å². The summed E-state index contributed by atoms with van der Waals surface area (Å²) in [6.45, 7) is 7.10. The van der Waals surface area contributed by atoms with E-state index in [0.717, 1.165) is 11.3 Å². The molecule has 0 saturated carbocycles. The zero-order valence-electron chi connectivity index (χ0n) is 29.9. The van der Waals surface area contributed by atoms with Gasteiger partial charge in [-0.1, -0.05) is 105 Å². The third-order valence-corrected chi connectivity index (χ3v) is 10.3. The monoisotopic (exact) mass is 788 g/mol. The first-order valence-corrected chi connectivity index (χ1v) is 18.9. The number of benzene rings is 5. The molecule has 0 heterocycles. The molecule has 0 amide bonds. The van der Waals surface area contributed by atoms with Crippen molar-refractivity contribution in [2.45, 2.75) is 25.9 Å². The molecule has 0 aliphatic rings. The van der Waals surface area contributed by atoms with Gasteiger partial charge in [-0.15, -0.1) is 35.9 Å². The molecule has 264 valence electrons. The number of nitrogens with one attached hydrogen (secondary N) is 1. The molecule has 1 atom stereocenters. The van der Waals surface area contributed by atoms with Gasteiger partial charge in [0.2, 0.25) is 0 Å². The minimum absolute atomic E-state index is 0. The van der Waals surface area contributed by atoms with Crippen molar-refractivity contribution in [2.24, 2.45) is 0 Å². The van der Waals surface area contributed by atoms with Gasteiger partial charge in [0.05, 0.1) is 6.26 Å². The second-order valence-corrected chi connectivity index (χ2v) is 17.1. The van der Waals surface area contributed by atoms with Crippen LogP contribution in [0.2, 0.25) is 0 Å². The zero-order valence-corrected chi connectivity index (χ0v) is 33.1. The van der Waals surface area contributed by atoms with Crippen molar-refractivity contribution in [1.29, 1.82) is 0 Å². The Labute approximate surface area is 309 Å². The van der Waals surface area contributed by atoms with Gasteiger partial charge in [-0.3, -0.25) is 4.55 Å². The molecule has 0 spiro atoms. The van der Waals surface area contributed by atoms with E-state index >= 15 is 0 Å². The van der Waals surface area contributed by atoms with E-state index in [0.29, 0.717) is 6.26 Å². The van der Waals surface area contributed by atoms with Gasteiger partial charge in [-0.25, -0.2) is 0 Å². The average molecular weight is 789 g/mol. The van der Waals surface area contributed by atoms with Gasteiger partial charge in [-0.05, 0) is 53.1 Å². The summed E-state index contributed by atoms with van der Waals surface area (Å²) in [6, 6.07) is 46.1. The molecule has 0 radical (unpaired) electrons. The van der Waals surface area contributed by atoms with Crippen LogP contribution in [-0.4, -0.2) is 59.6 Å². The topological polar surface area (TPSA) is 72.9 Å². The predicted molar refractivity (Wildman–Crippen MR) is 211 cm³/mol. The van der Waals surface area contributed by atoms with Crippen molar-refractivity contribution in [3.63, 3.8) is 0 Å². The summed E-state index contributed by atoms with van der Waals surface area (Å²) in [7, 11) is 6.25. The maximum atomic E-state index is 9.19. The van der Waals surface area contributed by atoms with Crippen LogP contribution in [0, 0.1) is 6.07 Å². The van der Waals surface area contributed by atoms with Crippen molar-refractivity contribution < 1.29 is 33.4 Å². The quantitative estimate of drug-likeness (QED) is 0.0748. The Morgan fingerprint density at radius 1 is 0.694 bits per heavy atom. The van der Waals surface area contributed by atoms with Gasteiger partial charge in [0.1, 0.15) is 0 Å². The Balaban J connectivity index is 0.000000345. The molecule has 0 bridgehead atoms. The van der Waals surface area contributed by atoms with E-state index in [4.69, 9.17) is 4.55 Å². The molecule has 5 aromatic carbocycles. The van der Waals surface area contributed by atoms with Gasteiger partial charge in [0.15, 0.2) is 0 Å². The van der Waals surface area contributed by atoms with Crippen LogP contribution < -0.4 is 25.7 Å². The van der Waals surface area contributed by atoms with Gasteiger partial charge < -0.3 is 15.1 Å². The molecule has 2 N–H and O–H groups in total. The second kappa shape index (κ2) is 19.0. The van der Waals surface area contributed by atoms with Crippen LogP contribution in [0.25, 0.3) is 22.3 Å². The summed E-state index contributed by atoms with van der Waals surface area (Å²) in [6.07, 6.45) is 0.715. The SMILES string of the molecule is CN(C)c1cccc(N(C)C)c1-c1ccccc1P(c1ccccc1)C(C)(C)C.CNc1ccccc1-c1[c-]cccc1.CS(=O)(=O)O.[Pd]. The standard InChI is InChI=1S/C26H33N2P.C13H12N.CH4O3S.Pd/c1-26(2,3)29(20-14-9-8-10-15-20)24-19-12-11-16-21(24)25-22(27(4)5)17-13-18-23(25)28(6)7;1-14-13-10-6-5-9-12(13)11-7-3-2-4-8-11;1-5(2,3)4;/h8-19H,1-7H3;2-7,9-10,14H,1H3;1H3,(H,2,3,4);/q;-1;;. The summed E-state index contributed by atoms with van der Waals surface area (Å²) in [5, 5.41) is 6.20. The number of nitrogens with zero attached hydrogens (tertiary/aromatic N) is 2. The number of rotatable bonds is 7. The Hall–Kier alpha value is -3.50. The third kappa shape index (κ3) is 12.4. The number of anilines is 3. The summed E-state index contributed by atoms with van der Waals surface area (Å²) in [4.78, 5) is 4.45. The van der Waals surface area contributed by atoms with Crippen LogP contribution in [0.15, 0.2) is 121 Å². The van der Waals surface area contributed by atoms with Crippen molar-refractivity contribution in [3.05, 3.63) is 127 Å². The van der Waals surface area contributed by atoms with E-state index < -0.39 is 18.0 Å². The first kappa shape index (κ1) is 41.7. The molecule has 0 fully saturated rings. The Morgan fingerprint density at radius 3 is 1.67 bits per heavy atom. The Bertz CT molecular complexity index is 1810. The predicted octanol–water partition coefficient (Wildman–Crippen LogP) is 8.41. The first-order valence-electron chi connectivity index (χ1n) is 15.7.